The van der Waals surface area contributed by atoms with Crippen molar-refractivity contribution < 1.29 is 46.8 Å². The number of halogens is 2. The number of phenolic OH excluding ortho intramolecular Hbond substituents is 1. The number of nitrogens with two attached hydrogens (primary N) is 1. The lowest BCUT2D eigenvalue weighted by Crippen LogP contribution is -2.83. The van der Waals surface area contributed by atoms with Crippen molar-refractivity contribution in [3.63, 3.8) is 0 Å². The van der Waals surface area contributed by atoms with Crippen LogP contribution < -0.4 is 29.9 Å². The minimum Gasteiger partial charge on any atom is -0.506 e. The molecule has 0 bridgehead atoms. The normalized spacial score (nSPS) is 20.1. The third-order valence-corrected chi connectivity index (χ3v) is 11.7. The molecule has 13 nitrogen and oxygen atoms in total. The van der Waals surface area contributed by atoms with Gasteiger partial charge in [-0.15, -0.1) is 0 Å². The summed E-state index contributed by atoms with van der Waals surface area (Å²) in [5.41, 5.74) is 2.30. The monoisotopic (exact) mass is 747 g/mol. The molecule has 276 valence electrons. The fourth-order valence-corrected chi connectivity index (χ4v) is 8.44. The Hall–Kier alpha value is -5.61. The number of aromatic hydroxyl groups is 1. The molecule has 5 amide bonds. The van der Waals surface area contributed by atoms with Gasteiger partial charge in [0, 0.05) is 23.6 Å². The van der Waals surface area contributed by atoms with E-state index < -0.39 is 51.6 Å². The summed E-state index contributed by atoms with van der Waals surface area (Å²) in [5, 5.41) is 17.9. The highest BCUT2D eigenvalue weighted by Gasteiger charge is 2.45. The molecule has 0 aliphatic carbocycles. The first-order chi connectivity index (χ1) is 25.1. The van der Waals surface area contributed by atoms with E-state index in [1.165, 1.54) is 30.3 Å². The Morgan fingerprint density at radius 3 is 2.43 bits per heavy atom. The second-order valence-corrected chi connectivity index (χ2v) is 15.6. The van der Waals surface area contributed by atoms with E-state index in [1.807, 2.05) is 18.2 Å². The van der Waals surface area contributed by atoms with Crippen molar-refractivity contribution in [1.82, 2.24) is 10.0 Å². The number of carbonyl (C=O) groups excluding carboxylic acids is 4. The van der Waals surface area contributed by atoms with Gasteiger partial charge in [0.1, 0.15) is 29.5 Å². The average Bonchev–Trinajstić information content (AvgIpc) is 3.56. The van der Waals surface area contributed by atoms with Crippen LogP contribution >= 0.6 is 0 Å². The van der Waals surface area contributed by atoms with Gasteiger partial charge in [-0.05, 0) is 76.7 Å². The first-order valence-corrected chi connectivity index (χ1v) is 18.5. The Balaban J connectivity index is 1.05. The summed E-state index contributed by atoms with van der Waals surface area (Å²) in [4.78, 5) is 52.0. The first-order valence-electron chi connectivity index (χ1n) is 17.1. The fraction of sp³-hybridized carbons (Fsp3) is 0.297. The number of carbonyl (C=O) groups is 4. The Labute approximate surface area is 303 Å². The van der Waals surface area contributed by atoms with Gasteiger partial charge >= 0.3 is 16.2 Å². The molecule has 2 saturated heterocycles. The van der Waals surface area contributed by atoms with E-state index in [1.54, 1.807) is 21.0 Å². The highest BCUT2D eigenvalue weighted by Crippen LogP contribution is 2.40. The Bertz CT molecular complexity index is 2340. The van der Waals surface area contributed by atoms with Crippen molar-refractivity contribution in [1.29, 1.82) is 0 Å². The van der Waals surface area contributed by atoms with Crippen LogP contribution in [0.3, 0.4) is 0 Å². The van der Waals surface area contributed by atoms with Crippen LogP contribution in [0.1, 0.15) is 39.2 Å². The summed E-state index contributed by atoms with van der Waals surface area (Å²) in [7, 11) is -4.38. The molecule has 3 aliphatic heterocycles. The van der Waals surface area contributed by atoms with Crippen molar-refractivity contribution in [2.45, 2.75) is 52.1 Å². The lowest BCUT2D eigenvalue weighted by atomic mass is 9.81. The van der Waals surface area contributed by atoms with E-state index in [-0.39, 0.29) is 58.4 Å². The van der Waals surface area contributed by atoms with Gasteiger partial charge in [-0.2, -0.15) is 8.42 Å². The number of nitrogens with one attached hydrogen (secondary N) is 3. The van der Waals surface area contributed by atoms with Crippen molar-refractivity contribution >= 4 is 67.5 Å². The molecule has 0 radical (unpaired) electrons. The van der Waals surface area contributed by atoms with Crippen molar-refractivity contribution in [2.24, 2.45) is 11.8 Å². The quantitative estimate of drug-likeness (QED) is 0.169. The van der Waals surface area contributed by atoms with Crippen LogP contribution in [-0.4, -0.2) is 55.9 Å². The average molecular weight is 748 g/mol. The number of quaternary nitrogens is 1. The first kappa shape index (κ1) is 35.8. The zero-order chi connectivity index (χ0) is 37.9. The maximum atomic E-state index is 15.4. The third-order valence-electron chi connectivity index (χ3n) is 10.3. The van der Waals surface area contributed by atoms with Gasteiger partial charge in [-0.3, -0.25) is 19.3 Å². The van der Waals surface area contributed by atoms with Gasteiger partial charge in [0.15, 0.2) is 11.5 Å². The molecule has 16 heteroatoms. The number of benzene rings is 4. The number of hydrogen-bond donors (Lipinski definition) is 5. The summed E-state index contributed by atoms with van der Waals surface area (Å²) >= 11 is 0. The number of hydrogen-bond acceptors (Lipinski definition) is 7. The molecule has 3 atom stereocenters. The van der Waals surface area contributed by atoms with Gasteiger partial charge in [0.2, 0.25) is 11.8 Å². The van der Waals surface area contributed by atoms with Crippen molar-refractivity contribution in [3.8, 4) is 16.9 Å². The molecule has 0 saturated carbocycles. The number of amides is 5. The molecule has 0 spiro atoms. The third kappa shape index (κ3) is 6.63. The lowest BCUT2D eigenvalue weighted by Gasteiger charge is -2.41. The van der Waals surface area contributed by atoms with Gasteiger partial charge in [-0.25, -0.2) is 27.9 Å². The van der Waals surface area contributed by atoms with E-state index in [9.17, 15) is 32.7 Å². The molecule has 2 unspecified atom stereocenters. The number of anilines is 3. The smallest absolute Gasteiger partial charge is 0.425 e. The highest BCUT2D eigenvalue weighted by molar-refractivity contribution is 7.92. The van der Waals surface area contributed by atoms with Gasteiger partial charge in [0.25, 0.3) is 5.91 Å². The predicted molar refractivity (Wildman–Crippen MR) is 193 cm³/mol. The van der Waals surface area contributed by atoms with Crippen LogP contribution in [0.25, 0.3) is 21.9 Å². The molecule has 53 heavy (non-hydrogen) atoms. The van der Waals surface area contributed by atoms with Crippen molar-refractivity contribution in [3.05, 3.63) is 77.9 Å². The predicted octanol–water partition coefficient (Wildman–Crippen LogP) is 3.93. The molecule has 4 aromatic rings. The van der Waals surface area contributed by atoms with Crippen LogP contribution in [0.15, 0.2) is 60.7 Å². The van der Waals surface area contributed by atoms with E-state index in [0.29, 0.717) is 39.9 Å². The summed E-state index contributed by atoms with van der Waals surface area (Å²) in [6.07, 6.45) is 0.553. The molecule has 7 rings (SSSR count). The molecular weight excluding hydrogens is 711 g/mol. The second kappa shape index (κ2) is 13.4. The van der Waals surface area contributed by atoms with Gasteiger partial charge < -0.3 is 15.7 Å². The largest absolute Gasteiger partial charge is 0.506 e. The number of primary amides is 1. The van der Waals surface area contributed by atoms with E-state index in [4.69, 9.17) is 0 Å². The molecule has 4 aromatic carbocycles. The number of phenols is 1. The number of piperidine rings is 1. The van der Waals surface area contributed by atoms with Crippen LogP contribution in [0, 0.1) is 23.5 Å². The van der Waals surface area contributed by atoms with Crippen LogP contribution in [0.2, 0.25) is 0 Å². The molecule has 2 fully saturated rings. The van der Waals surface area contributed by atoms with Gasteiger partial charge in [0.05, 0.1) is 18.5 Å². The number of fused-ring (bicyclic) bond motifs is 2. The van der Waals surface area contributed by atoms with E-state index in [0.717, 1.165) is 11.8 Å². The number of rotatable bonds is 8. The molecule has 0 aromatic heterocycles. The number of urea groups is 1. The molecular formula is C37H37F2N6O7S+. The topological polar surface area (TPSA) is 182 Å². The summed E-state index contributed by atoms with van der Waals surface area (Å²) < 4.78 is 57.5. The summed E-state index contributed by atoms with van der Waals surface area (Å²) in [6.45, 7) is 5.56. The van der Waals surface area contributed by atoms with Crippen LogP contribution in [-0.2, 0) is 31.0 Å². The van der Waals surface area contributed by atoms with E-state index >= 15 is 8.78 Å². The Morgan fingerprint density at radius 1 is 1.00 bits per heavy atom. The van der Waals surface area contributed by atoms with Crippen LogP contribution in [0.5, 0.6) is 5.75 Å². The van der Waals surface area contributed by atoms with Crippen molar-refractivity contribution in [2.75, 3.05) is 21.1 Å². The Kier molecular flexibility index (Phi) is 9.06. The van der Waals surface area contributed by atoms with E-state index in [2.05, 4.69) is 31.4 Å². The lowest BCUT2D eigenvalue weighted by molar-refractivity contribution is -0.454. The van der Waals surface area contributed by atoms with Gasteiger partial charge in [-0.1, -0.05) is 39.0 Å². The zero-order valence-corrected chi connectivity index (χ0v) is 29.8. The van der Waals surface area contributed by atoms with Crippen LogP contribution in [0.4, 0.5) is 36.3 Å². The SMILES string of the molecule is CC(C)[C@@H](C)C1NC(=O)CCC1N1C(=O)[NH2+]c2cc(-c3ccc(CC(=O)Nc4ccc5c(F)c(N6CC(=O)NS6(=O)=O)c(O)cc5c4)c(F)c3)ccc21. The minimum absolute atomic E-state index is 0.0205. The summed E-state index contributed by atoms with van der Waals surface area (Å²) in [5.74, 6) is -3.45. The fourth-order valence-electron chi connectivity index (χ4n) is 7.28. The second-order valence-electron chi connectivity index (χ2n) is 14.0. The zero-order valence-electron chi connectivity index (χ0n) is 28.9. The maximum absolute atomic E-state index is 15.4. The maximum Gasteiger partial charge on any atom is 0.425 e. The summed E-state index contributed by atoms with van der Waals surface area (Å²) in [6, 6.07) is 14.5. The molecule has 3 aliphatic rings. The Morgan fingerprint density at radius 2 is 1.74 bits per heavy atom. The molecule has 6 N–H and O–H groups in total. The number of nitrogens with zero attached hydrogens (tertiary/aromatic N) is 2. The minimum atomic E-state index is -4.38. The standard InChI is InChI=1S/C37H36F2N6O7S/c1-18(2)19(3)35-29(10-11-31(47)42-35)45-28-9-6-21(14-27(28)41-37(45)50)20-4-5-22(26(38)13-20)16-32(48)40-24-7-8-25-23(12-24)15-30(46)36(34(25)39)44-17-33(49)43-53(44,51)52/h4-9,12-15,18-19,29,35,46H,10-11,16-17H2,1-3H3,(H,40,48)(H,41,50)(H,42,47)(H,43,49)/p+1/t19-,29?,35?/m1/s1. The molecule has 3 heterocycles. The highest BCUT2D eigenvalue weighted by atomic mass is 32.2.